The van der Waals surface area contributed by atoms with Gasteiger partial charge in [-0.05, 0) is 28.1 Å². The Morgan fingerprint density at radius 2 is 1.68 bits per heavy atom. The molecular formula is C18H14BrCl2N9O. The van der Waals surface area contributed by atoms with Crippen LogP contribution in [0.25, 0.3) is 11.3 Å². The molecule has 10 nitrogen and oxygen atoms in total. The van der Waals surface area contributed by atoms with Crippen molar-refractivity contribution in [1.82, 2.24) is 39.0 Å². The number of fused-ring (bicyclic) bond motifs is 3. The molecule has 0 radical (unpaired) electrons. The first kappa shape index (κ1) is 20.2. The number of hydrogen-bond acceptors (Lipinski definition) is 7. The number of hydrogen-bond donors (Lipinski definition) is 1. The molecule has 0 aliphatic carbocycles. The monoisotopic (exact) mass is 521 g/mol. The molecule has 31 heavy (non-hydrogen) atoms. The molecule has 6 heterocycles. The molecule has 0 amide bonds. The summed E-state index contributed by atoms with van der Waals surface area (Å²) in [6.07, 6.45) is 6.38. The van der Waals surface area contributed by atoms with Crippen molar-refractivity contribution in [3.8, 4) is 0 Å². The quantitative estimate of drug-likeness (QED) is 0.374. The number of pyridine rings is 2. The van der Waals surface area contributed by atoms with Crippen LogP contribution in [0.15, 0.2) is 47.7 Å². The van der Waals surface area contributed by atoms with Gasteiger partial charge in [-0.15, -0.1) is 0 Å². The standard InChI is InChI=1S/C12H11ClN6O.C6H3BrClN3/c13-8-3-10(12-14-7-15-19(12)5-8)16-11-4-9-6-20-2-1-18(9)17-11;7-5-1-4(8)2-11-6(5)9-3-10-11/h3-5,7H,1-2,6H2,(H,16,17);1-3H. The number of nitrogens with one attached hydrogen (secondary N) is 1. The average Bonchev–Trinajstić information content (AvgIpc) is 3.46. The zero-order valence-corrected chi connectivity index (χ0v) is 18.9. The van der Waals surface area contributed by atoms with Gasteiger partial charge in [0.15, 0.2) is 17.1 Å². The van der Waals surface area contributed by atoms with Crippen molar-refractivity contribution < 1.29 is 4.74 Å². The Bertz CT molecular complexity index is 1360. The third-order valence-corrected chi connectivity index (χ3v) is 5.46. The van der Waals surface area contributed by atoms with E-state index < -0.39 is 0 Å². The maximum Gasteiger partial charge on any atom is 0.178 e. The molecule has 0 atom stereocenters. The first-order valence-electron chi connectivity index (χ1n) is 9.11. The van der Waals surface area contributed by atoms with Gasteiger partial charge in [0.2, 0.25) is 0 Å². The van der Waals surface area contributed by atoms with E-state index in [9.17, 15) is 0 Å². The molecule has 0 unspecified atom stereocenters. The summed E-state index contributed by atoms with van der Waals surface area (Å²) in [4.78, 5) is 8.21. The highest BCUT2D eigenvalue weighted by Gasteiger charge is 2.14. The lowest BCUT2D eigenvalue weighted by atomic mass is 10.3. The summed E-state index contributed by atoms with van der Waals surface area (Å²) in [6, 6.07) is 5.55. The molecule has 0 bridgehead atoms. The van der Waals surface area contributed by atoms with E-state index in [0.717, 1.165) is 33.9 Å². The van der Waals surface area contributed by atoms with Crippen LogP contribution in [0.3, 0.4) is 0 Å². The van der Waals surface area contributed by atoms with Crippen LogP contribution in [-0.2, 0) is 17.9 Å². The van der Waals surface area contributed by atoms with Gasteiger partial charge in [0, 0.05) is 18.5 Å². The van der Waals surface area contributed by atoms with Gasteiger partial charge < -0.3 is 10.1 Å². The van der Waals surface area contributed by atoms with Crippen molar-refractivity contribution in [2.24, 2.45) is 0 Å². The van der Waals surface area contributed by atoms with Crippen molar-refractivity contribution in [2.45, 2.75) is 13.2 Å². The van der Waals surface area contributed by atoms with Crippen LogP contribution in [-0.4, -0.2) is 45.6 Å². The highest BCUT2D eigenvalue weighted by Crippen LogP contribution is 2.25. The fourth-order valence-electron chi connectivity index (χ4n) is 3.13. The molecule has 6 rings (SSSR count). The van der Waals surface area contributed by atoms with Gasteiger partial charge in [-0.3, -0.25) is 4.68 Å². The largest absolute Gasteiger partial charge is 0.373 e. The van der Waals surface area contributed by atoms with Crippen LogP contribution in [0.1, 0.15) is 5.69 Å². The number of nitrogens with zero attached hydrogens (tertiary/aromatic N) is 8. The molecule has 13 heteroatoms. The number of rotatable bonds is 2. The number of halogens is 3. The van der Waals surface area contributed by atoms with Gasteiger partial charge in [-0.2, -0.15) is 15.3 Å². The maximum absolute atomic E-state index is 6.07. The molecule has 1 aliphatic rings. The van der Waals surface area contributed by atoms with E-state index in [2.05, 4.69) is 46.5 Å². The first-order chi connectivity index (χ1) is 15.1. The SMILES string of the molecule is Clc1cc(Br)c2ncnn2c1.Clc1cc(Nc2cc3n(n2)CCOC3)c2ncnn2c1. The molecular weight excluding hydrogens is 509 g/mol. The fraction of sp³-hybridized carbons (Fsp3) is 0.167. The predicted octanol–water partition coefficient (Wildman–Crippen LogP) is 4.00. The molecule has 0 spiro atoms. The molecule has 0 saturated heterocycles. The van der Waals surface area contributed by atoms with E-state index in [1.807, 2.05) is 10.7 Å². The number of anilines is 2. The van der Waals surface area contributed by atoms with Gasteiger partial charge >= 0.3 is 0 Å². The lowest BCUT2D eigenvalue weighted by molar-refractivity contribution is 0.0801. The summed E-state index contributed by atoms with van der Waals surface area (Å²) >= 11 is 15.2. The summed E-state index contributed by atoms with van der Waals surface area (Å²) in [7, 11) is 0. The summed E-state index contributed by atoms with van der Waals surface area (Å²) in [5.41, 5.74) is 3.30. The molecule has 5 aromatic rings. The zero-order valence-electron chi connectivity index (χ0n) is 15.8. The van der Waals surface area contributed by atoms with Gasteiger partial charge in [-0.1, -0.05) is 23.2 Å². The Morgan fingerprint density at radius 3 is 2.45 bits per heavy atom. The Morgan fingerprint density at radius 1 is 0.968 bits per heavy atom. The number of ether oxygens (including phenoxy) is 1. The van der Waals surface area contributed by atoms with Crippen molar-refractivity contribution in [2.75, 3.05) is 11.9 Å². The fourth-order valence-corrected chi connectivity index (χ4v) is 4.20. The van der Waals surface area contributed by atoms with Gasteiger partial charge in [0.1, 0.15) is 12.7 Å². The second kappa shape index (κ2) is 8.42. The summed E-state index contributed by atoms with van der Waals surface area (Å²) in [5, 5.41) is 17.0. The summed E-state index contributed by atoms with van der Waals surface area (Å²) < 4.78 is 11.4. The Labute approximate surface area is 193 Å². The minimum atomic E-state index is 0.581. The van der Waals surface area contributed by atoms with Crippen LogP contribution in [0.2, 0.25) is 10.0 Å². The van der Waals surface area contributed by atoms with Crippen molar-refractivity contribution in [3.63, 3.8) is 0 Å². The van der Waals surface area contributed by atoms with Gasteiger partial charge in [0.05, 0.1) is 45.7 Å². The van der Waals surface area contributed by atoms with E-state index in [1.165, 1.54) is 12.7 Å². The average molecular weight is 523 g/mol. The lowest BCUT2D eigenvalue weighted by Gasteiger charge is -2.12. The molecule has 1 aliphatic heterocycles. The predicted molar refractivity (Wildman–Crippen MR) is 119 cm³/mol. The first-order valence-corrected chi connectivity index (χ1v) is 10.7. The van der Waals surface area contributed by atoms with E-state index in [1.54, 1.807) is 33.6 Å². The second-order valence-electron chi connectivity index (χ2n) is 6.56. The van der Waals surface area contributed by atoms with E-state index in [-0.39, 0.29) is 0 Å². The molecule has 0 saturated carbocycles. The van der Waals surface area contributed by atoms with Crippen molar-refractivity contribution >= 4 is 61.9 Å². The van der Waals surface area contributed by atoms with Crippen LogP contribution in [0, 0.1) is 0 Å². The van der Waals surface area contributed by atoms with Gasteiger partial charge in [0.25, 0.3) is 0 Å². The molecule has 158 valence electrons. The Kier molecular flexibility index (Phi) is 5.48. The van der Waals surface area contributed by atoms with Gasteiger partial charge in [-0.25, -0.2) is 19.0 Å². The molecule has 0 fully saturated rings. The smallest absolute Gasteiger partial charge is 0.178 e. The number of aromatic nitrogens is 8. The minimum absolute atomic E-state index is 0.581. The van der Waals surface area contributed by atoms with Crippen molar-refractivity contribution in [3.05, 3.63) is 63.5 Å². The zero-order chi connectivity index (χ0) is 21.4. The maximum atomic E-state index is 6.07. The van der Waals surface area contributed by atoms with Crippen LogP contribution >= 0.6 is 39.1 Å². The highest BCUT2D eigenvalue weighted by atomic mass is 79.9. The topological polar surface area (TPSA) is 99.5 Å². The van der Waals surface area contributed by atoms with Crippen LogP contribution in [0.4, 0.5) is 11.5 Å². The third-order valence-electron chi connectivity index (χ3n) is 4.46. The lowest BCUT2D eigenvalue weighted by Crippen LogP contribution is -2.16. The molecule has 1 N–H and O–H groups in total. The summed E-state index contributed by atoms with van der Waals surface area (Å²) in [6.45, 7) is 2.05. The van der Waals surface area contributed by atoms with Crippen LogP contribution in [0.5, 0.6) is 0 Å². The van der Waals surface area contributed by atoms with Crippen molar-refractivity contribution in [1.29, 1.82) is 0 Å². The minimum Gasteiger partial charge on any atom is -0.373 e. The summed E-state index contributed by atoms with van der Waals surface area (Å²) in [5.74, 6) is 0.748. The van der Waals surface area contributed by atoms with E-state index in [4.69, 9.17) is 27.9 Å². The van der Waals surface area contributed by atoms with Crippen LogP contribution < -0.4 is 5.32 Å². The normalized spacial score (nSPS) is 13.1. The van der Waals surface area contributed by atoms with E-state index in [0.29, 0.717) is 28.9 Å². The highest BCUT2D eigenvalue weighted by molar-refractivity contribution is 9.10. The Hall–Kier alpha value is -2.73. The Balaban J connectivity index is 0.000000157. The van der Waals surface area contributed by atoms with E-state index >= 15 is 0 Å². The molecule has 5 aromatic heterocycles. The third kappa shape index (κ3) is 4.22. The second-order valence-corrected chi connectivity index (χ2v) is 8.28. The molecule has 0 aromatic carbocycles.